The molecule has 3 rings (SSSR count). The summed E-state index contributed by atoms with van der Waals surface area (Å²) in [6.45, 7) is 3.69. The molecule has 0 fully saturated rings. The lowest BCUT2D eigenvalue weighted by Gasteiger charge is -2.28. The van der Waals surface area contributed by atoms with Crippen molar-refractivity contribution in [3.63, 3.8) is 0 Å². The standard InChI is InChI=1S/C23H27N5O6/c1-4-33-18-11-16(21-20(22(30)32-3)14(2)26-23(31)27-21)5-6-17(18)34-13-19(29)28-25-12-15-7-9-24-10-8-15/h5-12,19,21,28-29H,4,13H2,1-3H3,(H2,26,27,31)/b25-12-/t19-,21-/m0/s1. The number of hydrazone groups is 1. The molecule has 2 aromatic rings. The number of aliphatic hydroxyl groups excluding tert-OH is 1. The molecule has 11 heteroatoms. The Hall–Kier alpha value is -4.12. The Balaban J connectivity index is 1.72. The monoisotopic (exact) mass is 469 g/mol. The number of pyridine rings is 1. The highest BCUT2D eigenvalue weighted by Gasteiger charge is 2.32. The molecule has 0 bridgehead atoms. The van der Waals surface area contributed by atoms with Crippen LogP contribution in [0, 0.1) is 0 Å². The van der Waals surface area contributed by atoms with Gasteiger partial charge in [-0.15, -0.1) is 0 Å². The number of carbonyl (C=O) groups is 2. The van der Waals surface area contributed by atoms with Gasteiger partial charge in [0.05, 0.1) is 31.5 Å². The van der Waals surface area contributed by atoms with Gasteiger partial charge >= 0.3 is 12.0 Å². The van der Waals surface area contributed by atoms with E-state index in [1.807, 2.05) is 6.92 Å². The summed E-state index contributed by atoms with van der Waals surface area (Å²) < 4.78 is 16.3. The molecule has 0 radical (unpaired) electrons. The summed E-state index contributed by atoms with van der Waals surface area (Å²) in [5, 5.41) is 19.4. The van der Waals surface area contributed by atoms with Gasteiger partial charge in [0.15, 0.2) is 17.7 Å². The number of aliphatic hydroxyl groups is 1. The highest BCUT2D eigenvalue weighted by Crippen LogP contribution is 2.34. The Labute approximate surface area is 196 Å². The van der Waals surface area contributed by atoms with Crippen LogP contribution in [0.4, 0.5) is 4.79 Å². The van der Waals surface area contributed by atoms with Crippen molar-refractivity contribution in [2.24, 2.45) is 5.10 Å². The smallest absolute Gasteiger partial charge is 0.337 e. The molecular formula is C23H27N5O6. The van der Waals surface area contributed by atoms with Gasteiger partial charge in [0.25, 0.3) is 0 Å². The van der Waals surface area contributed by atoms with Crippen LogP contribution in [0.3, 0.4) is 0 Å². The van der Waals surface area contributed by atoms with Crippen molar-refractivity contribution in [2.75, 3.05) is 20.3 Å². The number of carbonyl (C=O) groups excluding carboxylic acids is 2. The van der Waals surface area contributed by atoms with E-state index < -0.39 is 24.3 Å². The molecule has 180 valence electrons. The summed E-state index contributed by atoms with van der Waals surface area (Å²) in [7, 11) is 1.28. The molecule has 34 heavy (non-hydrogen) atoms. The second-order valence-corrected chi connectivity index (χ2v) is 7.20. The van der Waals surface area contributed by atoms with Crippen molar-refractivity contribution in [1.82, 2.24) is 21.0 Å². The minimum Gasteiger partial charge on any atom is -0.490 e. The lowest BCUT2D eigenvalue weighted by molar-refractivity contribution is -0.136. The normalized spacial score (nSPS) is 16.5. The Morgan fingerprint density at radius 3 is 2.74 bits per heavy atom. The largest absolute Gasteiger partial charge is 0.490 e. The first-order valence-corrected chi connectivity index (χ1v) is 10.6. The molecule has 2 amide bonds. The number of rotatable bonds is 10. The second kappa shape index (κ2) is 11.7. The van der Waals surface area contributed by atoms with E-state index in [1.54, 1.807) is 55.9 Å². The summed E-state index contributed by atoms with van der Waals surface area (Å²) in [4.78, 5) is 28.3. The van der Waals surface area contributed by atoms with Crippen LogP contribution in [-0.4, -0.2) is 54.9 Å². The summed E-state index contributed by atoms with van der Waals surface area (Å²) in [6.07, 6.45) is 3.75. The number of aromatic nitrogens is 1. The average molecular weight is 469 g/mol. The fraction of sp³-hybridized carbons (Fsp3) is 0.304. The van der Waals surface area contributed by atoms with Gasteiger partial charge in [-0.1, -0.05) is 6.07 Å². The number of esters is 1. The topological polar surface area (TPSA) is 143 Å². The van der Waals surface area contributed by atoms with Crippen molar-refractivity contribution < 1.29 is 28.9 Å². The number of hydrogen-bond donors (Lipinski definition) is 4. The van der Waals surface area contributed by atoms with E-state index in [4.69, 9.17) is 14.2 Å². The molecule has 11 nitrogen and oxygen atoms in total. The van der Waals surface area contributed by atoms with Crippen LogP contribution in [0.2, 0.25) is 0 Å². The van der Waals surface area contributed by atoms with Gasteiger partial charge in [-0.25, -0.2) is 9.59 Å². The van der Waals surface area contributed by atoms with Crippen molar-refractivity contribution in [1.29, 1.82) is 0 Å². The highest BCUT2D eigenvalue weighted by molar-refractivity contribution is 5.95. The maximum atomic E-state index is 12.3. The molecule has 0 saturated heterocycles. The van der Waals surface area contributed by atoms with Crippen molar-refractivity contribution in [3.8, 4) is 11.5 Å². The summed E-state index contributed by atoms with van der Waals surface area (Å²) >= 11 is 0. The molecule has 0 spiro atoms. The molecular weight excluding hydrogens is 442 g/mol. The molecule has 4 N–H and O–H groups in total. The second-order valence-electron chi connectivity index (χ2n) is 7.20. The van der Waals surface area contributed by atoms with E-state index in [0.717, 1.165) is 5.56 Å². The first kappa shape index (κ1) is 24.5. The van der Waals surface area contributed by atoms with Crippen LogP contribution in [0.25, 0.3) is 0 Å². The lowest BCUT2D eigenvalue weighted by Crippen LogP contribution is -2.45. The van der Waals surface area contributed by atoms with Crippen molar-refractivity contribution >= 4 is 18.2 Å². The number of hydrogen-bond acceptors (Lipinski definition) is 9. The zero-order valence-electron chi connectivity index (χ0n) is 19.1. The third-order valence-corrected chi connectivity index (χ3v) is 4.82. The molecule has 1 aromatic heterocycles. The molecule has 2 heterocycles. The molecule has 1 aromatic carbocycles. The van der Waals surface area contributed by atoms with Gasteiger partial charge in [0.1, 0.15) is 6.61 Å². The van der Waals surface area contributed by atoms with Gasteiger partial charge in [0, 0.05) is 18.1 Å². The number of nitrogens with one attached hydrogen (secondary N) is 3. The number of benzene rings is 1. The summed E-state index contributed by atoms with van der Waals surface area (Å²) in [6, 6.07) is 7.40. The predicted molar refractivity (Wildman–Crippen MR) is 123 cm³/mol. The molecule has 0 unspecified atom stereocenters. The van der Waals surface area contributed by atoms with Crippen LogP contribution in [-0.2, 0) is 9.53 Å². The van der Waals surface area contributed by atoms with E-state index in [9.17, 15) is 14.7 Å². The van der Waals surface area contributed by atoms with Crippen LogP contribution >= 0.6 is 0 Å². The first-order chi connectivity index (χ1) is 16.4. The van der Waals surface area contributed by atoms with Crippen LogP contribution in [0.1, 0.15) is 31.0 Å². The Kier molecular flexibility index (Phi) is 8.41. The van der Waals surface area contributed by atoms with Crippen molar-refractivity contribution in [2.45, 2.75) is 26.1 Å². The number of ether oxygens (including phenoxy) is 3. The SMILES string of the molecule is CCOc1cc([C@@H]2NC(=O)NC(C)=C2C(=O)OC)ccc1OC[C@H](O)N/N=C\c1ccncc1. The van der Waals surface area contributed by atoms with Crippen LogP contribution in [0.15, 0.2) is 59.1 Å². The van der Waals surface area contributed by atoms with E-state index in [0.29, 0.717) is 29.4 Å². The highest BCUT2D eigenvalue weighted by atomic mass is 16.5. The summed E-state index contributed by atoms with van der Waals surface area (Å²) in [5.74, 6) is 0.210. The first-order valence-electron chi connectivity index (χ1n) is 10.6. The van der Waals surface area contributed by atoms with Gasteiger partial charge in [-0.2, -0.15) is 5.10 Å². The van der Waals surface area contributed by atoms with Gasteiger partial charge < -0.3 is 30.0 Å². The third kappa shape index (κ3) is 6.23. The maximum absolute atomic E-state index is 12.3. The number of methoxy groups -OCH3 is 1. The predicted octanol–water partition coefficient (Wildman–Crippen LogP) is 1.60. The molecule has 1 aliphatic rings. The lowest BCUT2D eigenvalue weighted by atomic mass is 9.95. The van der Waals surface area contributed by atoms with Crippen LogP contribution in [0.5, 0.6) is 11.5 Å². The van der Waals surface area contributed by atoms with E-state index in [2.05, 4.69) is 26.1 Å². The fourth-order valence-electron chi connectivity index (χ4n) is 3.27. The average Bonchev–Trinajstić information content (AvgIpc) is 2.83. The molecule has 0 aliphatic carbocycles. The molecule has 0 saturated carbocycles. The van der Waals surface area contributed by atoms with Crippen LogP contribution < -0.4 is 25.5 Å². The Morgan fingerprint density at radius 2 is 2.03 bits per heavy atom. The molecule has 1 aliphatic heterocycles. The Morgan fingerprint density at radius 1 is 1.26 bits per heavy atom. The minimum absolute atomic E-state index is 0.108. The van der Waals surface area contributed by atoms with Gasteiger partial charge in [0.2, 0.25) is 0 Å². The summed E-state index contributed by atoms with van der Waals surface area (Å²) in [5.41, 5.74) is 4.69. The fourth-order valence-corrected chi connectivity index (χ4v) is 3.27. The Bertz CT molecular complexity index is 1070. The maximum Gasteiger partial charge on any atom is 0.337 e. The minimum atomic E-state index is -1.08. The number of urea groups is 1. The van der Waals surface area contributed by atoms with E-state index in [1.165, 1.54) is 7.11 Å². The van der Waals surface area contributed by atoms with Gasteiger partial charge in [-0.05, 0) is 49.2 Å². The van der Waals surface area contributed by atoms with E-state index in [-0.39, 0.29) is 12.2 Å². The number of amides is 2. The number of allylic oxidation sites excluding steroid dienone is 1. The third-order valence-electron chi connectivity index (χ3n) is 4.82. The number of nitrogens with zero attached hydrogens (tertiary/aromatic N) is 2. The van der Waals surface area contributed by atoms with Gasteiger partial charge in [-0.3, -0.25) is 10.4 Å². The zero-order chi connectivity index (χ0) is 24.5. The quantitative estimate of drug-likeness (QED) is 0.178. The van der Waals surface area contributed by atoms with E-state index >= 15 is 0 Å². The van der Waals surface area contributed by atoms with Crippen molar-refractivity contribution in [3.05, 3.63) is 65.1 Å². The zero-order valence-corrected chi connectivity index (χ0v) is 19.1. The molecule has 2 atom stereocenters.